The minimum atomic E-state index is 0.667. The molecule has 0 spiro atoms. The third kappa shape index (κ3) is 2.03. The Labute approximate surface area is 31.1 Å². The van der Waals surface area contributed by atoms with Gasteiger partial charge in [0.1, 0.15) is 11.6 Å². The summed E-state index contributed by atoms with van der Waals surface area (Å²) in [5, 5.41) is 0. The zero-order chi connectivity index (χ0) is 3.41. The van der Waals surface area contributed by atoms with Gasteiger partial charge in [-0.15, -0.1) is 0 Å². The van der Waals surface area contributed by atoms with Crippen molar-refractivity contribution in [3.05, 3.63) is 12.7 Å². The van der Waals surface area contributed by atoms with Crippen molar-refractivity contribution in [1.82, 2.24) is 0 Å². The van der Waals surface area contributed by atoms with Gasteiger partial charge in [-0.3, -0.25) is 0 Å². The second kappa shape index (κ2) is 3.03. The van der Waals surface area contributed by atoms with E-state index < -0.39 is 0 Å². The fourth-order valence-electron chi connectivity index (χ4n) is 0. The van der Waals surface area contributed by atoms with Gasteiger partial charge in [-0.05, 0) is 6.08 Å². The first-order valence-corrected chi connectivity index (χ1v) is 1.68. The Balaban J connectivity index is 2.30. The second-order valence-corrected chi connectivity index (χ2v) is 0.789. The van der Waals surface area contributed by atoms with Crippen LogP contribution in [0.2, 0.25) is 0 Å². The Morgan fingerprint density at radius 1 is 2.00 bits per heavy atom. The first-order valence-electron chi connectivity index (χ1n) is 1.11. The molecule has 0 aliphatic rings. The second-order valence-electron chi connectivity index (χ2n) is 0.455. The zero-order valence-electron chi connectivity index (χ0n) is 2.40. The van der Waals surface area contributed by atoms with Gasteiger partial charge in [0.2, 0.25) is 0 Å². The summed E-state index contributed by atoms with van der Waals surface area (Å²) in [7, 11) is 0. The standard InChI is InChI=1S/C3H6Cl/c1-2-3-4/h2,4H,1,3H2/q+1. The van der Waals surface area contributed by atoms with Crippen LogP contribution in [0.1, 0.15) is 0 Å². The van der Waals surface area contributed by atoms with Crippen molar-refractivity contribution in [2.24, 2.45) is 0 Å². The zero-order valence-corrected chi connectivity index (χ0v) is 3.22. The molecular weight excluding hydrogens is 71.5 g/mol. The molecular formula is C3H6Cl+. The lowest BCUT2D eigenvalue weighted by Gasteiger charge is -1.43. The van der Waals surface area contributed by atoms with E-state index in [9.17, 15) is 0 Å². The van der Waals surface area contributed by atoms with Gasteiger partial charge in [0.15, 0.2) is 5.88 Å². The van der Waals surface area contributed by atoms with Gasteiger partial charge < -0.3 is 0 Å². The van der Waals surface area contributed by atoms with E-state index in [1.807, 2.05) is 0 Å². The van der Waals surface area contributed by atoms with Gasteiger partial charge in [0, 0.05) is 0 Å². The molecule has 0 aromatic carbocycles. The molecule has 0 aromatic heterocycles. The summed E-state index contributed by atoms with van der Waals surface area (Å²) in [6.07, 6.45) is 1.69. The van der Waals surface area contributed by atoms with E-state index in [4.69, 9.17) is 0 Å². The molecule has 0 radical (unpaired) electrons. The number of alkyl halides is 1. The lowest BCUT2D eigenvalue weighted by molar-refractivity contribution is -0.352. The summed E-state index contributed by atoms with van der Waals surface area (Å²) < 4.78 is 0. The molecule has 0 fully saturated rings. The molecule has 0 aliphatic carbocycles. The Morgan fingerprint density at radius 2 is 2.25 bits per heavy atom. The topological polar surface area (TPSA) is 0 Å². The predicted molar refractivity (Wildman–Crippen MR) is 16.5 cm³/mol. The van der Waals surface area contributed by atoms with Gasteiger partial charge >= 0.3 is 0 Å². The maximum absolute atomic E-state index is 4.44. The summed E-state index contributed by atoms with van der Waals surface area (Å²) >= 11 is 4.44. The molecule has 0 bridgehead atoms. The van der Waals surface area contributed by atoms with Crippen molar-refractivity contribution in [2.45, 2.75) is 0 Å². The van der Waals surface area contributed by atoms with Crippen LogP contribution < -0.4 is 0 Å². The van der Waals surface area contributed by atoms with Crippen LogP contribution in [-0.2, 0) is 0 Å². The highest BCUT2D eigenvalue weighted by Crippen LogP contribution is 1.50. The van der Waals surface area contributed by atoms with E-state index in [0.29, 0.717) is 5.88 Å². The van der Waals surface area contributed by atoms with E-state index >= 15 is 0 Å². The summed E-state index contributed by atoms with van der Waals surface area (Å²) in [4.78, 5) is 0. The molecule has 0 rings (SSSR count). The van der Waals surface area contributed by atoms with Crippen LogP contribution in [0.3, 0.4) is 0 Å². The molecule has 0 N–H and O–H groups in total. The number of hydrogen-bond acceptors (Lipinski definition) is 0. The Bertz CT molecular complexity index is 17.2. The summed E-state index contributed by atoms with van der Waals surface area (Å²) in [6, 6.07) is 0. The van der Waals surface area contributed by atoms with Crippen molar-refractivity contribution in [1.29, 1.82) is 0 Å². The van der Waals surface area contributed by atoms with Gasteiger partial charge in [0.05, 0.1) is 0 Å². The fraction of sp³-hybridized carbons (Fsp3) is 0.333. The maximum atomic E-state index is 4.44. The molecule has 0 saturated carbocycles. The smallest absolute Gasteiger partial charge is 0.0977 e. The molecule has 0 heterocycles. The van der Waals surface area contributed by atoms with Crippen molar-refractivity contribution < 1.29 is 11.6 Å². The molecule has 0 saturated heterocycles. The van der Waals surface area contributed by atoms with E-state index in [1.54, 1.807) is 6.08 Å². The first kappa shape index (κ1) is 4.03. The third-order valence-electron chi connectivity index (χ3n) is 0.118. The molecule has 0 unspecified atom stereocenters. The fourth-order valence-corrected chi connectivity index (χ4v) is 0. The van der Waals surface area contributed by atoms with Crippen LogP contribution >= 0.6 is 0 Å². The third-order valence-corrected chi connectivity index (χ3v) is 0.354. The molecule has 0 amide bonds. The SMILES string of the molecule is C=CC[ClH+]. The Morgan fingerprint density at radius 3 is 2.25 bits per heavy atom. The normalized spacial score (nSPS) is 6.25. The van der Waals surface area contributed by atoms with E-state index in [2.05, 4.69) is 18.2 Å². The van der Waals surface area contributed by atoms with Crippen LogP contribution in [0.25, 0.3) is 0 Å². The van der Waals surface area contributed by atoms with Crippen LogP contribution in [0.5, 0.6) is 0 Å². The highest BCUT2D eigenvalue weighted by Gasteiger charge is 1.60. The monoisotopic (exact) mass is 77.0 g/mol. The van der Waals surface area contributed by atoms with Crippen molar-refractivity contribution >= 4 is 0 Å². The molecule has 4 heavy (non-hydrogen) atoms. The van der Waals surface area contributed by atoms with Gasteiger partial charge in [-0.2, -0.15) is 0 Å². The van der Waals surface area contributed by atoms with Crippen molar-refractivity contribution in [2.75, 3.05) is 5.88 Å². The average Bonchev–Trinajstić information content (AvgIpc) is 1.37. The molecule has 0 aromatic rings. The Hall–Kier alpha value is 0.0300. The largest absolute Gasteiger partial charge is 0.187 e. The van der Waals surface area contributed by atoms with Crippen molar-refractivity contribution in [3.63, 3.8) is 0 Å². The minimum Gasteiger partial charge on any atom is -0.0977 e. The van der Waals surface area contributed by atoms with E-state index in [1.165, 1.54) is 0 Å². The molecule has 0 nitrogen and oxygen atoms in total. The maximum Gasteiger partial charge on any atom is 0.187 e. The molecule has 0 aliphatic heterocycles. The van der Waals surface area contributed by atoms with E-state index in [-0.39, 0.29) is 0 Å². The quantitative estimate of drug-likeness (QED) is 0.315. The van der Waals surface area contributed by atoms with Gasteiger partial charge in [-0.25, -0.2) is 0 Å². The number of hydrogen-bond donors (Lipinski definition) is 0. The number of allylic oxidation sites excluding steroid dienone is 1. The average molecular weight is 77.5 g/mol. The van der Waals surface area contributed by atoms with Crippen molar-refractivity contribution in [3.8, 4) is 0 Å². The van der Waals surface area contributed by atoms with Gasteiger partial charge in [0.25, 0.3) is 0 Å². The van der Waals surface area contributed by atoms with Crippen LogP contribution in [0.4, 0.5) is 0 Å². The predicted octanol–water partition coefficient (Wildman–Crippen LogP) is 0.454. The molecule has 24 valence electrons. The van der Waals surface area contributed by atoms with E-state index in [0.717, 1.165) is 0 Å². The van der Waals surface area contributed by atoms with Crippen LogP contribution in [0.15, 0.2) is 12.7 Å². The summed E-state index contributed by atoms with van der Waals surface area (Å²) in [6.45, 7) is 3.38. The number of rotatable bonds is 1. The highest BCUT2D eigenvalue weighted by molar-refractivity contribution is 4.59. The lowest BCUT2D eigenvalue weighted by atomic mass is 10.8. The highest BCUT2D eigenvalue weighted by atomic mass is 35.5. The van der Waals surface area contributed by atoms with Gasteiger partial charge in [-0.1, -0.05) is 6.58 Å². The lowest BCUT2D eigenvalue weighted by Crippen LogP contribution is -1.55. The molecule has 0 atom stereocenters. The molecule has 1 heteroatoms. The Kier molecular flexibility index (Phi) is 3.05. The van der Waals surface area contributed by atoms with Crippen LogP contribution in [-0.4, -0.2) is 5.88 Å². The summed E-state index contributed by atoms with van der Waals surface area (Å²) in [5.74, 6) is 0.667. The summed E-state index contributed by atoms with van der Waals surface area (Å²) in [5.41, 5.74) is 0. The number of halogens is 1. The first-order chi connectivity index (χ1) is 1.91. The van der Waals surface area contributed by atoms with Crippen LogP contribution in [0, 0.1) is 11.6 Å². The minimum absolute atomic E-state index is 0.667.